The van der Waals surface area contributed by atoms with E-state index in [4.69, 9.17) is 16.9 Å². The van der Waals surface area contributed by atoms with Crippen molar-refractivity contribution in [3.05, 3.63) is 33.3 Å². The topological polar surface area (TPSA) is 108 Å². The highest BCUT2D eigenvalue weighted by molar-refractivity contribution is 7.89. The van der Waals surface area contributed by atoms with E-state index in [0.29, 0.717) is 13.1 Å². The molecule has 1 fully saturated rings. The molecule has 1 heterocycles. The van der Waals surface area contributed by atoms with Crippen LogP contribution in [0.3, 0.4) is 0 Å². The van der Waals surface area contributed by atoms with Gasteiger partial charge in [0.25, 0.3) is 5.69 Å². The van der Waals surface area contributed by atoms with Gasteiger partial charge in [0.2, 0.25) is 10.0 Å². The predicted octanol–water partition coefficient (Wildman–Crippen LogP) is 1.08. The molecular weight excluding hydrogens is 332 g/mol. The summed E-state index contributed by atoms with van der Waals surface area (Å²) >= 11 is 5.78. The first-order chi connectivity index (χ1) is 10.4. The lowest BCUT2D eigenvalue weighted by atomic mass is 10.3. The van der Waals surface area contributed by atoms with Crippen molar-refractivity contribution in [2.75, 3.05) is 32.7 Å². The smallest absolute Gasteiger partial charge is 0.288 e. The largest absolute Gasteiger partial charge is 0.289 e. The fourth-order valence-corrected chi connectivity index (χ4v) is 4.05. The molecule has 0 aromatic heterocycles. The minimum atomic E-state index is -4.00. The number of hydrogen-bond acceptors (Lipinski definition) is 6. The first-order valence-corrected chi connectivity index (χ1v) is 8.21. The van der Waals surface area contributed by atoms with Gasteiger partial charge in [-0.05, 0) is 12.1 Å². The summed E-state index contributed by atoms with van der Waals surface area (Å²) in [5.74, 6) is 0. The first kappa shape index (κ1) is 16.6. The Balaban J connectivity index is 2.31. The molecule has 118 valence electrons. The average molecular weight is 345 g/mol. The zero-order chi connectivity index (χ0) is 16.3. The summed E-state index contributed by atoms with van der Waals surface area (Å²) in [6.07, 6.45) is 0. The van der Waals surface area contributed by atoms with Crippen LogP contribution in [0.15, 0.2) is 23.1 Å². The van der Waals surface area contributed by atoms with Crippen LogP contribution in [-0.2, 0) is 10.0 Å². The Morgan fingerprint density at radius 2 is 1.95 bits per heavy atom. The number of hydrogen-bond donors (Lipinski definition) is 0. The molecule has 0 spiro atoms. The molecule has 0 aliphatic carbocycles. The Morgan fingerprint density at radius 1 is 1.32 bits per heavy atom. The van der Waals surface area contributed by atoms with Crippen molar-refractivity contribution in [3.63, 3.8) is 0 Å². The van der Waals surface area contributed by atoms with E-state index in [-0.39, 0.29) is 24.7 Å². The molecule has 0 amide bonds. The number of nitrogens with zero attached hydrogens (tertiary/aromatic N) is 4. The van der Waals surface area contributed by atoms with Crippen molar-refractivity contribution in [1.82, 2.24) is 9.21 Å². The molecule has 1 aromatic carbocycles. The zero-order valence-corrected chi connectivity index (χ0v) is 13.0. The number of nitro groups is 1. The lowest BCUT2D eigenvalue weighted by molar-refractivity contribution is -0.387. The zero-order valence-electron chi connectivity index (χ0n) is 11.5. The molecule has 0 radical (unpaired) electrons. The van der Waals surface area contributed by atoms with Crippen LogP contribution in [0, 0.1) is 21.4 Å². The van der Waals surface area contributed by atoms with Crippen LogP contribution in [-0.4, -0.2) is 55.3 Å². The van der Waals surface area contributed by atoms with Crippen molar-refractivity contribution < 1.29 is 13.3 Å². The Morgan fingerprint density at radius 3 is 2.50 bits per heavy atom. The predicted molar refractivity (Wildman–Crippen MR) is 78.9 cm³/mol. The summed E-state index contributed by atoms with van der Waals surface area (Å²) in [5, 5.41) is 19.8. The normalized spacial score (nSPS) is 17.1. The van der Waals surface area contributed by atoms with Crippen LogP contribution in [0.4, 0.5) is 5.69 Å². The Bertz CT molecular complexity index is 723. The molecule has 0 unspecified atom stereocenters. The standard InChI is InChI=1S/C12H13ClN4O4S/c13-10-1-2-11(17(18)19)12(9-10)22(20,21)16-7-5-15(4-3-14)6-8-16/h1-2,9H,4-8H2. The molecular formula is C12H13ClN4O4S. The van der Waals surface area contributed by atoms with Gasteiger partial charge in [-0.1, -0.05) is 11.6 Å². The van der Waals surface area contributed by atoms with E-state index in [2.05, 4.69) is 0 Å². The number of sulfonamides is 1. The van der Waals surface area contributed by atoms with Crippen molar-refractivity contribution in [2.45, 2.75) is 4.90 Å². The third-order valence-corrected chi connectivity index (χ3v) is 5.52. The summed E-state index contributed by atoms with van der Waals surface area (Å²) in [4.78, 5) is 11.7. The second kappa shape index (κ2) is 6.58. The fraction of sp³-hybridized carbons (Fsp3) is 0.417. The Kier molecular flexibility index (Phi) is 4.97. The summed E-state index contributed by atoms with van der Waals surface area (Å²) < 4.78 is 26.4. The molecule has 0 atom stereocenters. The second-order valence-electron chi connectivity index (χ2n) is 4.71. The molecule has 0 bridgehead atoms. The molecule has 1 saturated heterocycles. The molecule has 2 rings (SSSR count). The minimum absolute atomic E-state index is 0.118. The van der Waals surface area contributed by atoms with Gasteiger partial charge in [0.1, 0.15) is 0 Å². The fourth-order valence-electron chi connectivity index (χ4n) is 2.21. The molecule has 1 aliphatic rings. The highest BCUT2D eigenvalue weighted by Gasteiger charge is 2.33. The summed E-state index contributed by atoms with van der Waals surface area (Å²) in [6.45, 7) is 1.38. The lowest BCUT2D eigenvalue weighted by Crippen LogP contribution is -2.48. The van der Waals surface area contributed by atoms with Crippen molar-refractivity contribution in [3.8, 4) is 6.07 Å². The van der Waals surface area contributed by atoms with Crippen LogP contribution in [0.2, 0.25) is 5.02 Å². The monoisotopic (exact) mass is 344 g/mol. The molecule has 1 aromatic rings. The summed E-state index contributed by atoms with van der Waals surface area (Å²) in [5.41, 5.74) is -0.496. The van der Waals surface area contributed by atoms with Gasteiger partial charge in [-0.25, -0.2) is 8.42 Å². The number of nitriles is 1. The summed E-state index contributed by atoms with van der Waals surface area (Å²) in [6, 6.07) is 5.47. The number of rotatable bonds is 4. The van der Waals surface area contributed by atoms with Gasteiger partial charge in [-0.15, -0.1) is 0 Å². The highest BCUT2D eigenvalue weighted by Crippen LogP contribution is 2.29. The molecule has 1 aliphatic heterocycles. The van der Waals surface area contributed by atoms with Gasteiger partial charge >= 0.3 is 0 Å². The van der Waals surface area contributed by atoms with Gasteiger partial charge in [-0.2, -0.15) is 9.57 Å². The molecule has 8 nitrogen and oxygen atoms in total. The third-order valence-electron chi connectivity index (χ3n) is 3.36. The SMILES string of the molecule is N#CCN1CCN(S(=O)(=O)c2cc(Cl)ccc2[N+](=O)[O-])CC1. The molecule has 10 heteroatoms. The number of piperazine rings is 1. The molecule has 22 heavy (non-hydrogen) atoms. The van der Waals surface area contributed by atoms with E-state index < -0.39 is 25.5 Å². The van der Waals surface area contributed by atoms with Crippen LogP contribution in [0.5, 0.6) is 0 Å². The van der Waals surface area contributed by atoms with Crippen LogP contribution < -0.4 is 0 Å². The van der Waals surface area contributed by atoms with Crippen LogP contribution >= 0.6 is 11.6 Å². The van der Waals surface area contributed by atoms with E-state index in [0.717, 1.165) is 12.1 Å². The van der Waals surface area contributed by atoms with Gasteiger partial charge < -0.3 is 0 Å². The second-order valence-corrected chi connectivity index (χ2v) is 7.05. The van der Waals surface area contributed by atoms with Gasteiger partial charge in [-0.3, -0.25) is 15.0 Å². The van der Waals surface area contributed by atoms with Crippen LogP contribution in [0.1, 0.15) is 0 Å². The maximum Gasteiger partial charge on any atom is 0.289 e. The van der Waals surface area contributed by atoms with E-state index >= 15 is 0 Å². The van der Waals surface area contributed by atoms with Crippen molar-refractivity contribution in [1.29, 1.82) is 5.26 Å². The number of benzene rings is 1. The van der Waals surface area contributed by atoms with Crippen molar-refractivity contribution >= 4 is 27.3 Å². The van der Waals surface area contributed by atoms with E-state index in [9.17, 15) is 18.5 Å². The maximum atomic E-state index is 12.6. The van der Waals surface area contributed by atoms with Crippen molar-refractivity contribution in [2.24, 2.45) is 0 Å². The maximum absolute atomic E-state index is 12.6. The van der Waals surface area contributed by atoms with Gasteiger partial charge in [0.15, 0.2) is 4.90 Å². The number of halogens is 1. The quantitative estimate of drug-likeness (QED) is 0.459. The molecule has 0 N–H and O–H groups in total. The lowest BCUT2D eigenvalue weighted by Gasteiger charge is -2.32. The van der Waals surface area contributed by atoms with Gasteiger partial charge in [0.05, 0.1) is 17.5 Å². The minimum Gasteiger partial charge on any atom is -0.288 e. The third kappa shape index (κ3) is 3.36. The Hall–Kier alpha value is -1.73. The van der Waals surface area contributed by atoms with Crippen LogP contribution in [0.25, 0.3) is 0 Å². The number of nitro benzene ring substituents is 1. The summed E-state index contributed by atoms with van der Waals surface area (Å²) in [7, 11) is -4.00. The Labute approximate surface area is 132 Å². The molecule has 0 saturated carbocycles. The van der Waals surface area contributed by atoms with E-state index in [1.54, 1.807) is 0 Å². The first-order valence-electron chi connectivity index (χ1n) is 6.39. The average Bonchev–Trinajstić information content (AvgIpc) is 2.47. The van der Waals surface area contributed by atoms with Gasteiger partial charge in [0, 0.05) is 37.3 Å². The van der Waals surface area contributed by atoms with E-state index in [1.165, 1.54) is 10.4 Å². The van der Waals surface area contributed by atoms with E-state index in [1.807, 2.05) is 11.0 Å². The highest BCUT2D eigenvalue weighted by atomic mass is 35.5.